The molecule has 0 aromatic heterocycles. The van der Waals surface area contributed by atoms with Crippen molar-refractivity contribution in [3.63, 3.8) is 0 Å². The number of carbonyl (C=O) groups is 1. The predicted molar refractivity (Wildman–Crippen MR) is 79.9 cm³/mol. The van der Waals surface area contributed by atoms with Crippen molar-refractivity contribution >= 4 is 12.6 Å². The van der Waals surface area contributed by atoms with Crippen LogP contribution in [0.5, 0.6) is 0 Å². The minimum Gasteiger partial charge on any atom is -0.340 e. The minimum atomic E-state index is 0.339. The Morgan fingerprint density at radius 2 is 1.79 bits per heavy atom. The fourth-order valence-corrected chi connectivity index (χ4v) is 2.48. The smallest absolute Gasteiger partial charge is 0.222 e. The number of hydrogen-bond donors (Lipinski definition) is 0. The molecule has 1 aliphatic heterocycles. The zero-order valence-corrected chi connectivity index (χ0v) is 12.9. The van der Waals surface area contributed by atoms with Crippen molar-refractivity contribution in [1.29, 1.82) is 0 Å². The molecule has 4 heteroatoms. The topological polar surface area (TPSA) is 26.6 Å². The zero-order chi connectivity index (χ0) is 14.3. The number of nitrogens with zero attached hydrogens (tertiary/aromatic N) is 3. The summed E-state index contributed by atoms with van der Waals surface area (Å²) in [6, 6.07) is 0.594. The maximum absolute atomic E-state index is 12.1. The van der Waals surface area contributed by atoms with Crippen LogP contribution in [0.3, 0.4) is 0 Å². The molecule has 1 heterocycles. The second-order valence-corrected chi connectivity index (χ2v) is 5.90. The van der Waals surface area contributed by atoms with Crippen LogP contribution in [-0.4, -0.2) is 72.8 Å². The van der Waals surface area contributed by atoms with Gasteiger partial charge in [0.2, 0.25) is 5.91 Å². The Morgan fingerprint density at radius 3 is 2.32 bits per heavy atom. The van der Waals surface area contributed by atoms with Gasteiger partial charge in [0.1, 0.15) is 20.3 Å². The van der Waals surface area contributed by atoms with Gasteiger partial charge in [-0.25, -0.2) is 4.58 Å². The van der Waals surface area contributed by atoms with Gasteiger partial charge in [0.05, 0.1) is 0 Å². The van der Waals surface area contributed by atoms with Crippen molar-refractivity contribution in [2.24, 2.45) is 0 Å². The monoisotopic (exact) mass is 268 g/mol. The van der Waals surface area contributed by atoms with E-state index >= 15 is 0 Å². The van der Waals surface area contributed by atoms with Crippen molar-refractivity contribution in [3.05, 3.63) is 0 Å². The third kappa shape index (κ3) is 6.19. The van der Waals surface area contributed by atoms with Crippen molar-refractivity contribution in [2.45, 2.75) is 45.6 Å². The van der Waals surface area contributed by atoms with E-state index in [-0.39, 0.29) is 0 Å². The van der Waals surface area contributed by atoms with Crippen LogP contribution in [0.25, 0.3) is 0 Å². The number of amides is 1. The van der Waals surface area contributed by atoms with E-state index in [1.807, 2.05) is 16.5 Å². The largest absolute Gasteiger partial charge is 0.340 e. The van der Waals surface area contributed by atoms with E-state index in [9.17, 15) is 4.79 Å². The van der Waals surface area contributed by atoms with Gasteiger partial charge in [-0.15, -0.1) is 0 Å². The molecule has 0 aromatic carbocycles. The Labute approximate surface area is 118 Å². The summed E-state index contributed by atoms with van der Waals surface area (Å²) in [4.78, 5) is 16.5. The van der Waals surface area contributed by atoms with Crippen LogP contribution in [0.1, 0.15) is 39.5 Å². The summed E-state index contributed by atoms with van der Waals surface area (Å²) in [5.41, 5.74) is 0. The molecule has 0 saturated carbocycles. The summed E-state index contributed by atoms with van der Waals surface area (Å²) in [5, 5.41) is 0. The molecule has 0 spiro atoms. The Hall–Kier alpha value is -0.900. The fourth-order valence-electron chi connectivity index (χ4n) is 2.48. The number of rotatable bonds is 7. The van der Waals surface area contributed by atoms with Gasteiger partial charge in [0, 0.05) is 45.1 Å². The molecule has 1 amide bonds. The fraction of sp³-hybridized carbons (Fsp3) is 0.867. The molecule has 19 heavy (non-hydrogen) atoms. The maximum Gasteiger partial charge on any atom is 0.222 e. The summed E-state index contributed by atoms with van der Waals surface area (Å²) >= 11 is 0. The minimum absolute atomic E-state index is 0.339. The van der Waals surface area contributed by atoms with Crippen LogP contribution in [0.4, 0.5) is 0 Å². The normalized spacial score (nSPS) is 16.9. The molecule has 1 fully saturated rings. The molecule has 0 atom stereocenters. The van der Waals surface area contributed by atoms with Crippen LogP contribution in [0.15, 0.2) is 0 Å². The molecule has 0 bridgehead atoms. The van der Waals surface area contributed by atoms with Crippen molar-refractivity contribution in [1.82, 2.24) is 9.80 Å². The molecule has 110 valence electrons. The summed E-state index contributed by atoms with van der Waals surface area (Å²) in [6.45, 7) is 13.1. The molecule has 0 unspecified atom stereocenters. The van der Waals surface area contributed by atoms with Gasteiger partial charge >= 0.3 is 0 Å². The van der Waals surface area contributed by atoms with E-state index < -0.39 is 0 Å². The first-order chi connectivity index (χ1) is 9.00. The SMILES string of the molecule is C=[N+](C)CCCCCC(=O)N1CCN(C(C)C)CC1. The lowest BCUT2D eigenvalue weighted by Gasteiger charge is -2.37. The summed E-state index contributed by atoms with van der Waals surface area (Å²) < 4.78 is 1.95. The quantitative estimate of drug-likeness (QED) is 0.397. The Kier molecular flexibility index (Phi) is 7.06. The molecular formula is C15H30N3O+. The van der Waals surface area contributed by atoms with E-state index in [1.165, 1.54) is 0 Å². The van der Waals surface area contributed by atoms with Gasteiger partial charge < -0.3 is 4.90 Å². The molecule has 4 nitrogen and oxygen atoms in total. The van der Waals surface area contributed by atoms with Gasteiger partial charge in [-0.2, -0.15) is 0 Å². The average molecular weight is 268 g/mol. The highest BCUT2D eigenvalue weighted by atomic mass is 16.2. The van der Waals surface area contributed by atoms with E-state index in [4.69, 9.17) is 0 Å². The van der Waals surface area contributed by atoms with Crippen LogP contribution < -0.4 is 0 Å². The lowest BCUT2D eigenvalue weighted by atomic mass is 10.1. The lowest BCUT2D eigenvalue weighted by molar-refractivity contribution is -0.488. The second-order valence-electron chi connectivity index (χ2n) is 5.90. The average Bonchev–Trinajstić information content (AvgIpc) is 2.37. The molecule has 0 radical (unpaired) electrons. The van der Waals surface area contributed by atoms with Gasteiger partial charge in [-0.3, -0.25) is 9.69 Å². The standard InChI is InChI=1S/C15H30N3O/c1-14(2)17-10-12-18(13-11-17)15(19)8-6-5-7-9-16(3)4/h14H,3,5-13H2,1-2,4H3/q+1. The number of carbonyl (C=O) groups excluding carboxylic acids is 1. The molecule has 1 saturated heterocycles. The predicted octanol–water partition coefficient (Wildman–Crippen LogP) is 1.44. The highest BCUT2D eigenvalue weighted by molar-refractivity contribution is 5.76. The molecule has 0 aliphatic carbocycles. The van der Waals surface area contributed by atoms with Crippen molar-refractivity contribution in [2.75, 3.05) is 39.8 Å². The van der Waals surface area contributed by atoms with E-state index in [1.54, 1.807) is 0 Å². The van der Waals surface area contributed by atoms with Crippen molar-refractivity contribution in [3.8, 4) is 0 Å². The summed E-state index contributed by atoms with van der Waals surface area (Å²) in [5.74, 6) is 0.339. The Morgan fingerprint density at radius 1 is 1.16 bits per heavy atom. The highest BCUT2D eigenvalue weighted by Gasteiger charge is 2.21. The van der Waals surface area contributed by atoms with Crippen LogP contribution in [0, 0.1) is 0 Å². The molecule has 1 aliphatic rings. The zero-order valence-electron chi connectivity index (χ0n) is 12.9. The van der Waals surface area contributed by atoms with Gasteiger partial charge in [-0.05, 0) is 26.7 Å². The third-order valence-electron chi connectivity index (χ3n) is 3.83. The number of piperazine rings is 1. The van der Waals surface area contributed by atoms with Gasteiger partial charge in [0.25, 0.3) is 0 Å². The summed E-state index contributed by atoms with van der Waals surface area (Å²) in [7, 11) is 1.99. The first-order valence-electron chi connectivity index (χ1n) is 7.54. The summed E-state index contributed by atoms with van der Waals surface area (Å²) in [6.07, 6.45) is 3.98. The number of hydrogen-bond acceptors (Lipinski definition) is 2. The Balaban J connectivity index is 2.12. The Bertz CT molecular complexity index is 294. The van der Waals surface area contributed by atoms with E-state index in [0.717, 1.165) is 52.0 Å². The van der Waals surface area contributed by atoms with Gasteiger partial charge in [0.15, 0.2) is 0 Å². The lowest BCUT2D eigenvalue weighted by Crippen LogP contribution is -2.50. The first kappa shape index (κ1) is 16.2. The number of unbranched alkanes of at least 4 members (excludes halogenated alkanes) is 2. The second kappa shape index (κ2) is 8.31. The van der Waals surface area contributed by atoms with Crippen LogP contribution >= 0.6 is 0 Å². The first-order valence-corrected chi connectivity index (χ1v) is 7.54. The molecule has 1 rings (SSSR count). The molecular weight excluding hydrogens is 238 g/mol. The highest BCUT2D eigenvalue weighted by Crippen LogP contribution is 2.09. The maximum atomic E-state index is 12.1. The molecule has 0 aromatic rings. The van der Waals surface area contributed by atoms with Crippen molar-refractivity contribution < 1.29 is 9.37 Å². The van der Waals surface area contributed by atoms with Gasteiger partial charge in [-0.1, -0.05) is 0 Å². The van der Waals surface area contributed by atoms with Crippen LogP contribution in [0.2, 0.25) is 0 Å². The van der Waals surface area contributed by atoms with E-state index in [0.29, 0.717) is 18.4 Å². The van der Waals surface area contributed by atoms with E-state index in [2.05, 4.69) is 25.5 Å². The van der Waals surface area contributed by atoms with Crippen LogP contribution in [-0.2, 0) is 4.79 Å². The molecule has 0 N–H and O–H groups in total. The third-order valence-corrected chi connectivity index (χ3v) is 3.83.